The number of carboxylic acids is 1. The molecule has 6 nitrogen and oxygen atoms in total. The Morgan fingerprint density at radius 3 is 2.76 bits per heavy atom. The number of carboxylic acid groups (broad SMARTS) is 1. The fraction of sp³-hybridized carbons (Fsp3) is 0.500. The van der Waals surface area contributed by atoms with Crippen LogP contribution >= 0.6 is 15.9 Å². The van der Waals surface area contributed by atoms with E-state index in [9.17, 15) is 4.79 Å². The smallest absolute Gasteiger partial charge is 0.306 e. The highest BCUT2D eigenvalue weighted by Crippen LogP contribution is 2.33. The van der Waals surface area contributed by atoms with Crippen molar-refractivity contribution in [3.8, 4) is 5.88 Å². The first kappa shape index (κ1) is 14.3. The summed E-state index contributed by atoms with van der Waals surface area (Å²) >= 11 is 3.42. The van der Waals surface area contributed by atoms with E-state index in [1.54, 1.807) is 7.11 Å². The van der Waals surface area contributed by atoms with Crippen molar-refractivity contribution in [1.29, 1.82) is 0 Å². The molecule has 0 aliphatic heterocycles. The summed E-state index contributed by atoms with van der Waals surface area (Å²) in [6.07, 6.45) is 5.05. The molecule has 2 aromatic rings. The van der Waals surface area contributed by atoms with Gasteiger partial charge in [0.2, 0.25) is 5.88 Å². The number of hydrogen-bond acceptors (Lipinski definition) is 4. The number of carbonyl (C=O) groups is 1. The van der Waals surface area contributed by atoms with Crippen LogP contribution in [0.5, 0.6) is 5.88 Å². The zero-order valence-electron chi connectivity index (χ0n) is 11.6. The first-order chi connectivity index (χ1) is 10.1. The average Bonchev–Trinajstić information content (AvgIpc) is 2.89. The van der Waals surface area contributed by atoms with Crippen LogP contribution in [-0.2, 0) is 4.79 Å². The van der Waals surface area contributed by atoms with Gasteiger partial charge in [-0.25, -0.2) is 0 Å². The lowest BCUT2D eigenvalue weighted by Crippen LogP contribution is -2.23. The van der Waals surface area contributed by atoms with E-state index in [1.807, 2.05) is 16.9 Å². The molecule has 1 fully saturated rings. The summed E-state index contributed by atoms with van der Waals surface area (Å²) in [4.78, 5) is 15.4. The van der Waals surface area contributed by atoms with Crippen molar-refractivity contribution >= 4 is 32.9 Å². The Balaban J connectivity index is 1.83. The molecule has 0 radical (unpaired) electrons. The Morgan fingerprint density at radius 1 is 1.43 bits per heavy atom. The predicted molar refractivity (Wildman–Crippen MR) is 80.4 cm³/mol. The SMILES string of the molecule is COc1nc2nn([C@H]3CC[C@H](C(=O)O)CC3)cc2cc1Br. The summed E-state index contributed by atoms with van der Waals surface area (Å²) in [5.41, 5.74) is 0.649. The number of aromatic nitrogens is 3. The Morgan fingerprint density at radius 2 is 2.14 bits per heavy atom. The van der Waals surface area contributed by atoms with Crippen LogP contribution in [0, 0.1) is 5.92 Å². The third kappa shape index (κ3) is 2.74. The van der Waals surface area contributed by atoms with Crippen LogP contribution in [0.1, 0.15) is 31.7 Å². The van der Waals surface area contributed by atoms with Crippen LogP contribution in [0.25, 0.3) is 11.0 Å². The molecule has 0 bridgehead atoms. The molecule has 0 unspecified atom stereocenters. The Labute approximate surface area is 130 Å². The summed E-state index contributed by atoms with van der Waals surface area (Å²) in [5, 5.41) is 14.5. The van der Waals surface area contributed by atoms with E-state index in [0.29, 0.717) is 24.4 Å². The number of halogens is 1. The Hall–Kier alpha value is -1.63. The second-order valence-electron chi connectivity index (χ2n) is 5.35. The number of hydrogen-bond donors (Lipinski definition) is 1. The van der Waals surface area contributed by atoms with Crippen molar-refractivity contribution in [3.63, 3.8) is 0 Å². The van der Waals surface area contributed by atoms with Gasteiger partial charge in [0, 0.05) is 11.6 Å². The van der Waals surface area contributed by atoms with Crippen LogP contribution in [0.4, 0.5) is 0 Å². The van der Waals surface area contributed by atoms with Gasteiger partial charge in [0.1, 0.15) is 0 Å². The standard InChI is InChI=1S/C14H16BrN3O3/c1-21-13-11(15)6-9-7-18(17-12(9)16-13)10-4-2-8(3-5-10)14(19)20/h6-8,10H,2-5H2,1H3,(H,19,20)/t8-,10-. The molecule has 1 saturated carbocycles. The van der Waals surface area contributed by atoms with Crippen molar-refractivity contribution in [2.45, 2.75) is 31.7 Å². The largest absolute Gasteiger partial charge is 0.481 e. The molecule has 7 heteroatoms. The number of rotatable bonds is 3. The second-order valence-corrected chi connectivity index (χ2v) is 6.20. The van der Waals surface area contributed by atoms with Gasteiger partial charge >= 0.3 is 5.97 Å². The summed E-state index contributed by atoms with van der Waals surface area (Å²) < 4.78 is 7.89. The number of fused-ring (bicyclic) bond motifs is 1. The molecule has 112 valence electrons. The number of ether oxygens (including phenoxy) is 1. The van der Waals surface area contributed by atoms with Crippen LogP contribution in [0.3, 0.4) is 0 Å². The minimum Gasteiger partial charge on any atom is -0.481 e. The van der Waals surface area contributed by atoms with Crippen molar-refractivity contribution < 1.29 is 14.6 Å². The highest BCUT2D eigenvalue weighted by atomic mass is 79.9. The molecular weight excluding hydrogens is 338 g/mol. The first-order valence-corrected chi connectivity index (χ1v) is 7.70. The molecule has 0 atom stereocenters. The lowest BCUT2D eigenvalue weighted by molar-refractivity contribution is -0.143. The quantitative estimate of drug-likeness (QED) is 0.917. The van der Waals surface area contributed by atoms with E-state index in [-0.39, 0.29) is 12.0 Å². The van der Waals surface area contributed by atoms with Crippen molar-refractivity contribution in [3.05, 3.63) is 16.7 Å². The lowest BCUT2D eigenvalue weighted by atomic mass is 9.86. The molecule has 0 amide bonds. The van der Waals surface area contributed by atoms with Gasteiger partial charge in [-0.1, -0.05) is 0 Å². The average molecular weight is 354 g/mol. The number of aliphatic carboxylic acids is 1. The van der Waals surface area contributed by atoms with Crippen LogP contribution < -0.4 is 4.74 Å². The van der Waals surface area contributed by atoms with Crippen LogP contribution in [0.2, 0.25) is 0 Å². The van der Waals surface area contributed by atoms with Gasteiger partial charge in [-0.2, -0.15) is 10.1 Å². The van der Waals surface area contributed by atoms with E-state index in [4.69, 9.17) is 9.84 Å². The maximum atomic E-state index is 11.0. The van der Waals surface area contributed by atoms with Crippen LogP contribution in [-0.4, -0.2) is 33.0 Å². The maximum absolute atomic E-state index is 11.0. The van der Waals surface area contributed by atoms with Gasteiger partial charge in [-0.3, -0.25) is 9.48 Å². The number of pyridine rings is 1. The molecule has 2 aromatic heterocycles. The van der Waals surface area contributed by atoms with Crippen molar-refractivity contribution in [2.75, 3.05) is 7.11 Å². The normalized spacial score (nSPS) is 22.4. The number of methoxy groups -OCH3 is 1. The Bertz CT molecular complexity index is 677. The zero-order valence-corrected chi connectivity index (χ0v) is 13.2. The van der Waals surface area contributed by atoms with Crippen molar-refractivity contribution in [1.82, 2.24) is 14.8 Å². The molecule has 1 N–H and O–H groups in total. The van der Waals surface area contributed by atoms with Gasteiger partial charge < -0.3 is 9.84 Å². The third-order valence-corrected chi connectivity index (χ3v) is 4.62. The molecular formula is C14H16BrN3O3. The van der Waals surface area contributed by atoms with Gasteiger partial charge in [-0.15, -0.1) is 0 Å². The van der Waals surface area contributed by atoms with E-state index in [0.717, 1.165) is 22.7 Å². The molecule has 21 heavy (non-hydrogen) atoms. The van der Waals surface area contributed by atoms with Gasteiger partial charge in [0.05, 0.1) is 23.5 Å². The van der Waals surface area contributed by atoms with Crippen molar-refractivity contribution in [2.24, 2.45) is 5.92 Å². The van der Waals surface area contributed by atoms with E-state index in [1.165, 1.54) is 0 Å². The van der Waals surface area contributed by atoms with Gasteiger partial charge in [-0.05, 0) is 47.7 Å². The summed E-state index contributed by atoms with van der Waals surface area (Å²) in [6.45, 7) is 0. The van der Waals surface area contributed by atoms with Gasteiger partial charge in [0.25, 0.3) is 0 Å². The topological polar surface area (TPSA) is 77.2 Å². The second kappa shape index (κ2) is 5.63. The molecule has 0 aromatic carbocycles. The molecule has 1 aliphatic carbocycles. The fourth-order valence-corrected chi connectivity index (χ4v) is 3.35. The molecule has 0 saturated heterocycles. The van der Waals surface area contributed by atoms with E-state index < -0.39 is 5.97 Å². The minimum absolute atomic E-state index is 0.210. The number of nitrogens with zero attached hydrogens (tertiary/aromatic N) is 3. The Kier molecular flexibility index (Phi) is 3.84. The van der Waals surface area contributed by atoms with E-state index >= 15 is 0 Å². The highest BCUT2D eigenvalue weighted by molar-refractivity contribution is 9.10. The van der Waals surface area contributed by atoms with E-state index in [2.05, 4.69) is 26.0 Å². The molecule has 2 heterocycles. The maximum Gasteiger partial charge on any atom is 0.306 e. The summed E-state index contributed by atoms with van der Waals surface area (Å²) in [7, 11) is 1.57. The molecule has 3 rings (SSSR count). The molecule has 0 spiro atoms. The fourth-order valence-electron chi connectivity index (χ4n) is 2.85. The third-order valence-electron chi connectivity index (χ3n) is 4.05. The first-order valence-electron chi connectivity index (χ1n) is 6.90. The summed E-state index contributed by atoms with van der Waals surface area (Å²) in [5.74, 6) is -0.379. The predicted octanol–water partition coefficient (Wildman–Crippen LogP) is 3.02. The van der Waals surface area contributed by atoms with Crippen LogP contribution in [0.15, 0.2) is 16.7 Å². The van der Waals surface area contributed by atoms with Gasteiger partial charge in [0.15, 0.2) is 5.65 Å². The zero-order chi connectivity index (χ0) is 15.0. The monoisotopic (exact) mass is 353 g/mol. The lowest BCUT2D eigenvalue weighted by Gasteiger charge is -2.26. The summed E-state index contributed by atoms with van der Waals surface area (Å²) in [6, 6.07) is 2.19. The minimum atomic E-state index is -0.686. The highest BCUT2D eigenvalue weighted by Gasteiger charge is 2.27. The molecule has 1 aliphatic rings.